The van der Waals surface area contributed by atoms with Crippen molar-refractivity contribution in [3.63, 3.8) is 0 Å². The molecule has 8 nitrogen and oxygen atoms in total. The van der Waals surface area contributed by atoms with Gasteiger partial charge in [0.1, 0.15) is 11.6 Å². The van der Waals surface area contributed by atoms with Crippen molar-refractivity contribution in [2.75, 3.05) is 18.0 Å². The Bertz CT molecular complexity index is 1040. The highest BCUT2D eigenvalue weighted by atomic mass is 32.1. The molecule has 3 aromatic rings. The predicted molar refractivity (Wildman–Crippen MR) is 97.7 cm³/mol. The van der Waals surface area contributed by atoms with Crippen molar-refractivity contribution < 1.29 is 18.7 Å². The van der Waals surface area contributed by atoms with Crippen LogP contribution in [0.4, 0.5) is 13.9 Å². The van der Waals surface area contributed by atoms with Gasteiger partial charge in [-0.2, -0.15) is 4.80 Å². The fraction of sp³-hybridized carbons (Fsp3) is 0.235. The van der Waals surface area contributed by atoms with E-state index in [-0.39, 0.29) is 6.54 Å². The second-order valence-electron chi connectivity index (χ2n) is 6.13. The van der Waals surface area contributed by atoms with E-state index < -0.39 is 17.6 Å². The van der Waals surface area contributed by atoms with Gasteiger partial charge in [0.25, 0.3) is 0 Å². The molecule has 3 heterocycles. The molecule has 1 aliphatic rings. The minimum absolute atomic E-state index is 0.313. The molecule has 0 saturated heterocycles. The van der Waals surface area contributed by atoms with Gasteiger partial charge in [-0.3, -0.25) is 4.79 Å². The molecule has 1 aromatic carbocycles. The zero-order chi connectivity index (χ0) is 19.7. The van der Waals surface area contributed by atoms with Crippen LogP contribution in [0.3, 0.4) is 0 Å². The van der Waals surface area contributed by atoms with Crippen molar-refractivity contribution >= 4 is 28.0 Å². The summed E-state index contributed by atoms with van der Waals surface area (Å²) in [4.78, 5) is 18.8. The number of aliphatic carboxylic acids is 1. The molecule has 0 fully saturated rings. The minimum atomic E-state index is -1.05. The van der Waals surface area contributed by atoms with Crippen LogP contribution in [-0.4, -0.2) is 49.4 Å². The Labute approximate surface area is 161 Å². The van der Waals surface area contributed by atoms with Crippen LogP contribution in [-0.2, 0) is 11.3 Å². The molecule has 2 aromatic heterocycles. The standard InChI is InChI=1S/C17H14F2N6O2S/c18-12-5-11(6-13(19)7-12)10-1-3-24(4-2-10)17-20-8-14(28-17)16-21-23-25(22-16)9-15(26)27/h1,5-8H,2-4,9H2,(H,26,27). The smallest absolute Gasteiger partial charge is 0.327 e. The lowest BCUT2D eigenvalue weighted by atomic mass is 9.99. The Morgan fingerprint density at radius 3 is 2.71 bits per heavy atom. The fourth-order valence-electron chi connectivity index (χ4n) is 2.89. The van der Waals surface area contributed by atoms with Crippen LogP contribution < -0.4 is 4.90 Å². The summed E-state index contributed by atoms with van der Waals surface area (Å²) in [5, 5.41) is 21.1. The van der Waals surface area contributed by atoms with Gasteiger partial charge in [-0.25, -0.2) is 13.8 Å². The molecule has 0 atom stereocenters. The number of anilines is 1. The lowest BCUT2D eigenvalue weighted by Crippen LogP contribution is -2.28. The van der Waals surface area contributed by atoms with Gasteiger partial charge in [0.15, 0.2) is 11.7 Å². The number of hydrogen-bond acceptors (Lipinski definition) is 7. The summed E-state index contributed by atoms with van der Waals surface area (Å²) in [6.45, 7) is 0.842. The van der Waals surface area contributed by atoms with Crippen LogP contribution in [0.5, 0.6) is 0 Å². The van der Waals surface area contributed by atoms with Gasteiger partial charge >= 0.3 is 5.97 Å². The minimum Gasteiger partial charge on any atom is -0.480 e. The fourth-order valence-corrected chi connectivity index (χ4v) is 3.76. The molecule has 0 aliphatic carbocycles. The van der Waals surface area contributed by atoms with Crippen molar-refractivity contribution in [3.05, 3.63) is 47.7 Å². The van der Waals surface area contributed by atoms with Crippen LogP contribution in [0.2, 0.25) is 0 Å². The number of carbonyl (C=O) groups is 1. The van der Waals surface area contributed by atoms with Crippen molar-refractivity contribution in [2.24, 2.45) is 0 Å². The third-order valence-electron chi connectivity index (χ3n) is 4.16. The molecular weight excluding hydrogens is 390 g/mol. The monoisotopic (exact) mass is 404 g/mol. The number of nitrogens with zero attached hydrogens (tertiary/aromatic N) is 6. The second kappa shape index (κ2) is 7.43. The summed E-state index contributed by atoms with van der Waals surface area (Å²) >= 11 is 1.37. The number of carboxylic acid groups (broad SMARTS) is 1. The lowest BCUT2D eigenvalue weighted by molar-refractivity contribution is -0.138. The summed E-state index contributed by atoms with van der Waals surface area (Å²) in [5.74, 6) is -1.92. The molecule has 0 radical (unpaired) electrons. The highest BCUT2D eigenvalue weighted by Crippen LogP contribution is 2.32. The van der Waals surface area contributed by atoms with Crippen molar-refractivity contribution in [3.8, 4) is 10.7 Å². The number of halogens is 2. The topological polar surface area (TPSA) is 97.0 Å². The Hall–Kier alpha value is -3.21. The van der Waals surface area contributed by atoms with Crippen LogP contribution >= 0.6 is 11.3 Å². The van der Waals surface area contributed by atoms with E-state index in [2.05, 4.69) is 20.4 Å². The molecule has 4 rings (SSSR count). The Morgan fingerprint density at radius 1 is 1.25 bits per heavy atom. The van der Waals surface area contributed by atoms with E-state index in [0.717, 1.165) is 21.6 Å². The van der Waals surface area contributed by atoms with Crippen molar-refractivity contribution in [1.29, 1.82) is 0 Å². The first-order valence-electron chi connectivity index (χ1n) is 8.34. The van der Waals surface area contributed by atoms with E-state index in [4.69, 9.17) is 5.11 Å². The molecule has 0 bridgehead atoms. The van der Waals surface area contributed by atoms with E-state index in [9.17, 15) is 13.6 Å². The maximum atomic E-state index is 13.4. The maximum Gasteiger partial charge on any atom is 0.327 e. The van der Waals surface area contributed by atoms with Gasteiger partial charge in [-0.05, 0) is 34.9 Å². The molecule has 0 saturated carbocycles. The number of hydrogen-bond donors (Lipinski definition) is 1. The highest BCUT2D eigenvalue weighted by Gasteiger charge is 2.19. The Balaban J connectivity index is 1.47. The molecule has 144 valence electrons. The first-order valence-corrected chi connectivity index (χ1v) is 9.16. The van der Waals surface area contributed by atoms with Gasteiger partial charge < -0.3 is 10.0 Å². The summed E-state index contributed by atoms with van der Waals surface area (Å²) in [7, 11) is 0. The Morgan fingerprint density at radius 2 is 2.04 bits per heavy atom. The third kappa shape index (κ3) is 3.88. The summed E-state index contributed by atoms with van der Waals surface area (Å²) in [6.07, 6.45) is 4.17. The zero-order valence-electron chi connectivity index (χ0n) is 14.4. The third-order valence-corrected chi connectivity index (χ3v) is 5.21. The van der Waals surface area contributed by atoms with Crippen LogP contribution in [0, 0.1) is 11.6 Å². The summed E-state index contributed by atoms with van der Waals surface area (Å²) < 4.78 is 26.8. The summed E-state index contributed by atoms with van der Waals surface area (Å²) in [6, 6.07) is 3.52. The number of aromatic nitrogens is 5. The highest BCUT2D eigenvalue weighted by molar-refractivity contribution is 7.18. The largest absolute Gasteiger partial charge is 0.480 e. The number of benzene rings is 1. The van der Waals surface area contributed by atoms with Gasteiger partial charge in [0.2, 0.25) is 5.82 Å². The molecule has 0 amide bonds. The summed E-state index contributed by atoms with van der Waals surface area (Å²) in [5.41, 5.74) is 1.45. The molecule has 1 aliphatic heterocycles. The second-order valence-corrected chi connectivity index (χ2v) is 7.14. The molecule has 1 N–H and O–H groups in total. The normalized spacial score (nSPS) is 14.2. The molecule has 28 heavy (non-hydrogen) atoms. The average Bonchev–Trinajstić information content (AvgIpc) is 3.30. The lowest BCUT2D eigenvalue weighted by Gasteiger charge is -2.26. The van der Waals surface area contributed by atoms with E-state index in [0.29, 0.717) is 35.8 Å². The number of tetrazole rings is 1. The number of carboxylic acids is 1. The van der Waals surface area contributed by atoms with Crippen molar-refractivity contribution in [2.45, 2.75) is 13.0 Å². The first-order chi connectivity index (χ1) is 13.5. The first kappa shape index (κ1) is 18.2. The van der Waals surface area contributed by atoms with Gasteiger partial charge in [0.05, 0.1) is 11.1 Å². The van der Waals surface area contributed by atoms with Gasteiger partial charge in [-0.1, -0.05) is 17.4 Å². The maximum absolute atomic E-state index is 13.4. The molecule has 11 heteroatoms. The van der Waals surface area contributed by atoms with Crippen LogP contribution in [0.15, 0.2) is 30.5 Å². The van der Waals surface area contributed by atoms with Crippen LogP contribution in [0.25, 0.3) is 16.3 Å². The number of thiazole rings is 1. The van der Waals surface area contributed by atoms with Crippen LogP contribution in [0.1, 0.15) is 12.0 Å². The van der Waals surface area contributed by atoms with Crippen molar-refractivity contribution in [1.82, 2.24) is 25.2 Å². The van der Waals surface area contributed by atoms with E-state index in [1.165, 1.54) is 23.5 Å². The van der Waals surface area contributed by atoms with E-state index in [1.807, 2.05) is 11.0 Å². The molecule has 0 spiro atoms. The zero-order valence-corrected chi connectivity index (χ0v) is 15.2. The Kier molecular flexibility index (Phi) is 4.82. The van der Waals surface area contributed by atoms with Gasteiger partial charge in [0, 0.05) is 19.2 Å². The molecule has 0 unspecified atom stereocenters. The SMILES string of the molecule is O=C(O)Cn1nnc(-c2cnc(N3CC=C(c4cc(F)cc(F)c4)CC3)s2)n1. The number of rotatable bonds is 5. The van der Waals surface area contributed by atoms with Gasteiger partial charge in [-0.15, -0.1) is 10.2 Å². The van der Waals surface area contributed by atoms with E-state index >= 15 is 0 Å². The average molecular weight is 404 g/mol. The predicted octanol–water partition coefficient (Wildman–Crippen LogP) is 2.45. The van der Waals surface area contributed by atoms with E-state index in [1.54, 1.807) is 6.20 Å². The molecular formula is C17H14F2N6O2S. The quantitative estimate of drug-likeness (QED) is 0.698.